The third-order valence-electron chi connectivity index (χ3n) is 8.21. The minimum atomic E-state index is -3.74. The lowest BCUT2D eigenvalue weighted by molar-refractivity contribution is -0.140. The normalized spacial score (nSPS) is 23.1. The van der Waals surface area contributed by atoms with Crippen molar-refractivity contribution in [3.8, 4) is 11.3 Å². The molecule has 0 spiro atoms. The first kappa shape index (κ1) is 27.2. The van der Waals surface area contributed by atoms with E-state index in [0.29, 0.717) is 42.8 Å². The molecule has 5 rings (SSSR count). The molecule has 3 N–H and O–H groups in total. The van der Waals surface area contributed by atoms with Crippen LogP contribution in [0.25, 0.3) is 22.2 Å². The van der Waals surface area contributed by atoms with Gasteiger partial charge in [0.25, 0.3) is 0 Å². The minimum absolute atomic E-state index is 0.0824. The van der Waals surface area contributed by atoms with Crippen molar-refractivity contribution in [3.63, 3.8) is 0 Å². The average Bonchev–Trinajstić information content (AvgIpc) is 3.24. The van der Waals surface area contributed by atoms with Gasteiger partial charge in [-0.15, -0.1) is 0 Å². The molecule has 0 radical (unpaired) electrons. The predicted octanol–water partition coefficient (Wildman–Crippen LogP) is 5.33. The third-order valence-corrected chi connectivity index (χ3v) is 10.1. The highest BCUT2D eigenvalue weighted by Crippen LogP contribution is 2.36. The third kappa shape index (κ3) is 5.64. The fraction of sp³-hybridized carbons (Fsp3) is 0.483. The predicted molar refractivity (Wildman–Crippen MR) is 150 cm³/mol. The summed E-state index contributed by atoms with van der Waals surface area (Å²) in [5.41, 5.74) is 1.56. The van der Waals surface area contributed by atoms with Crippen molar-refractivity contribution in [1.29, 1.82) is 0 Å². The van der Waals surface area contributed by atoms with Crippen molar-refractivity contribution < 1.29 is 18.3 Å². The van der Waals surface area contributed by atoms with Gasteiger partial charge in [0.15, 0.2) is 0 Å². The summed E-state index contributed by atoms with van der Waals surface area (Å²) in [4.78, 5) is 18.6. The molecule has 2 aliphatic rings. The fourth-order valence-corrected chi connectivity index (χ4v) is 7.52. The number of hydrogen-bond donors (Lipinski definition) is 3. The van der Waals surface area contributed by atoms with Crippen LogP contribution in [0.15, 0.2) is 53.4 Å². The number of hydrogen-bond acceptors (Lipinski definition) is 4. The summed E-state index contributed by atoms with van der Waals surface area (Å²) in [6.45, 7) is 4.95. The summed E-state index contributed by atoms with van der Waals surface area (Å²) in [5, 5.41) is 11.7. The molecule has 1 amide bonds. The van der Waals surface area contributed by atoms with E-state index < -0.39 is 15.6 Å². The highest BCUT2D eigenvalue weighted by atomic mass is 35.5. The van der Waals surface area contributed by atoms with Gasteiger partial charge >= 0.3 is 0 Å². The zero-order valence-electron chi connectivity index (χ0n) is 21.9. The zero-order chi connectivity index (χ0) is 27.1. The first-order valence-corrected chi connectivity index (χ1v) is 15.3. The first-order chi connectivity index (χ1) is 18.0. The number of sulfonamides is 1. The van der Waals surface area contributed by atoms with E-state index in [1.54, 1.807) is 18.2 Å². The Balaban J connectivity index is 1.22. The molecule has 1 atom stereocenters. The summed E-state index contributed by atoms with van der Waals surface area (Å²) < 4.78 is 29.3. The summed E-state index contributed by atoms with van der Waals surface area (Å²) in [5.74, 6) is 0.132. The van der Waals surface area contributed by atoms with Crippen LogP contribution in [-0.4, -0.2) is 54.0 Å². The first-order valence-electron chi connectivity index (χ1n) is 13.4. The number of aromatic nitrogens is 1. The summed E-state index contributed by atoms with van der Waals surface area (Å²) in [6.07, 6.45) is 4.37. The lowest BCUT2D eigenvalue weighted by atomic mass is 9.82. The standard InChI is InChI=1S/C29H36ClN3O4S/c1-29(2,35)21-9-6-16-33(18-21)28(34)20-10-12-22(13-11-20)32-38(36,37)23-14-15-24-25(17-23)31-27(26(24)30)19-7-4-3-5-8-19/h3-5,7-8,14-15,17,20-22,31-32,35H,6,9-13,16,18H2,1-2H3. The maximum absolute atomic E-state index is 13.2. The van der Waals surface area contributed by atoms with Crippen molar-refractivity contribution in [2.24, 2.45) is 11.8 Å². The van der Waals surface area contributed by atoms with Crippen LogP contribution in [0.4, 0.5) is 0 Å². The van der Waals surface area contributed by atoms with E-state index in [9.17, 15) is 18.3 Å². The molecule has 204 valence electrons. The molecule has 1 saturated heterocycles. The zero-order valence-corrected chi connectivity index (χ0v) is 23.5. The molecular formula is C29H36ClN3O4S. The number of aromatic amines is 1. The summed E-state index contributed by atoms with van der Waals surface area (Å²) in [7, 11) is -3.74. The van der Waals surface area contributed by atoms with Gasteiger partial charge in [-0.2, -0.15) is 0 Å². The molecule has 1 saturated carbocycles. The SMILES string of the molecule is CC(C)(O)C1CCCN(C(=O)C2CCC(NS(=O)(=O)c3ccc4c(Cl)c(-c5ccccc5)[nH]c4c3)CC2)C1. The van der Waals surface area contributed by atoms with E-state index >= 15 is 0 Å². The smallest absolute Gasteiger partial charge is 0.240 e. The molecule has 9 heteroatoms. The number of nitrogens with one attached hydrogen (secondary N) is 2. The van der Waals surface area contributed by atoms with Gasteiger partial charge in [-0.1, -0.05) is 41.9 Å². The topological polar surface area (TPSA) is 102 Å². The van der Waals surface area contributed by atoms with Gasteiger partial charge in [0.2, 0.25) is 15.9 Å². The van der Waals surface area contributed by atoms with Crippen LogP contribution in [0.5, 0.6) is 0 Å². The van der Waals surface area contributed by atoms with E-state index in [1.807, 2.05) is 49.1 Å². The van der Waals surface area contributed by atoms with Crippen LogP contribution >= 0.6 is 11.6 Å². The van der Waals surface area contributed by atoms with Gasteiger partial charge in [-0.3, -0.25) is 4.79 Å². The molecule has 1 aliphatic carbocycles. The van der Waals surface area contributed by atoms with Gasteiger partial charge in [-0.25, -0.2) is 13.1 Å². The molecule has 1 unspecified atom stereocenters. The molecule has 1 aromatic heterocycles. The van der Waals surface area contributed by atoms with E-state index in [-0.39, 0.29) is 28.7 Å². The Labute approximate surface area is 229 Å². The Kier molecular flexibility index (Phi) is 7.61. The Morgan fingerprint density at radius 1 is 1.08 bits per heavy atom. The summed E-state index contributed by atoms with van der Waals surface area (Å²) in [6, 6.07) is 14.4. The Morgan fingerprint density at radius 2 is 1.79 bits per heavy atom. The number of nitrogens with zero attached hydrogens (tertiary/aromatic N) is 1. The van der Waals surface area contributed by atoms with Crippen molar-refractivity contribution in [3.05, 3.63) is 53.6 Å². The fourth-order valence-electron chi connectivity index (χ4n) is 5.87. The largest absolute Gasteiger partial charge is 0.390 e. The number of likely N-dealkylation sites (tertiary alicyclic amines) is 1. The van der Waals surface area contributed by atoms with Crippen LogP contribution in [0.3, 0.4) is 0 Å². The van der Waals surface area contributed by atoms with Gasteiger partial charge in [-0.05, 0) is 76.1 Å². The van der Waals surface area contributed by atoms with E-state index in [4.69, 9.17) is 11.6 Å². The molecule has 1 aliphatic heterocycles. The Hall–Kier alpha value is -2.39. The number of carbonyl (C=O) groups is 1. The molecule has 38 heavy (non-hydrogen) atoms. The minimum Gasteiger partial charge on any atom is -0.390 e. The van der Waals surface area contributed by atoms with Crippen LogP contribution < -0.4 is 4.72 Å². The molecule has 2 aromatic carbocycles. The highest BCUT2D eigenvalue weighted by Gasteiger charge is 2.36. The lowest BCUT2D eigenvalue weighted by Gasteiger charge is -2.40. The second-order valence-corrected chi connectivity index (χ2v) is 13.4. The van der Waals surface area contributed by atoms with Crippen molar-refractivity contribution >= 4 is 38.4 Å². The van der Waals surface area contributed by atoms with E-state index in [1.165, 1.54) is 0 Å². The van der Waals surface area contributed by atoms with Crippen LogP contribution in [0.2, 0.25) is 5.02 Å². The Bertz CT molecular complexity index is 1410. The highest BCUT2D eigenvalue weighted by molar-refractivity contribution is 7.89. The maximum atomic E-state index is 13.2. The number of piperidine rings is 1. The van der Waals surface area contributed by atoms with Crippen molar-refractivity contribution in [2.45, 2.75) is 68.9 Å². The van der Waals surface area contributed by atoms with E-state index in [0.717, 1.165) is 36.0 Å². The molecule has 0 bridgehead atoms. The van der Waals surface area contributed by atoms with Crippen molar-refractivity contribution in [2.75, 3.05) is 13.1 Å². The maximum Gasteiger partial charge on any atom is 0.240 e. The van der Waals surface area contributed by atoms with Crippen LogP contribution in [0.1, 0.15) is 52.4 Å². The number of benzene rings is 2. The number of H-pyrrole nitrogens is 1. The Morgan fingerprint density at radius 3 is 2.47 bits per heavy atom. The second kappa shape index (κ2) is 10.6. The quantitative estimate of drug-likeness (QED) is 0.381. The lowest BCUT2D eigenvalue weighted by Crippen LogP contribution is -2.49. The average molecular weight is 558 g/mol. The monoisotopic (exact) mass is 557 g/mol. The molecule has 2 heterocycles. The van der Waals surface area contributed by atoms with E-state index in [2.05, 4.69) is 9.71 Å². The molecule has 2 fully saturated rings. The molecular weight excluding hydrogens is 522 g/mol. The van der Waals surface area contributed by atoms with Gasteiger partial charge in [0.05, 0.1) is 21.2 Å². The number of carbonyl (C=O) groups excluding carboxylic acids is 1. The van der Waals surface area contributed by atoms with Gasteiger partial charge < -0.3 is 15.0 Å². The van der Waals surface area contributed by atoms with Crippen LogP contribution in [0, 0.1) is 11.8 Å². The number of aliphatic hydroxyl groups is 1. The number of rotatable bonds is 6. The van der Waals surface area contributed by atoms with Crippen LogP contribution in [-0.2, 0) is 14.8 Å². The number of amides is 1. The molecule has 3 aromatic rings. The number of fused-ring (bicyclic) bond motifs is 1. The van der Waals surface area contributed by atoms with Gasteiger partial charge in [0.1, 0.15) is 0 Å². The molecule has 7 nitrogen and oxygen atoms in total. The second-order valence-electron chi connectivity index (χ2n) is 11.3. The summed E-state index contributed by atoms with van der Waals surface area (Å²) >= 11 is 6.60. The van der Waals surface area contributed by atoms with Crippen molar-refractivity contribution in [1.82, 2.24) is 14.6 Å². The van der Waals surface area contributed by atoms with Gasteiger partial charge in [0, 0.05) is 41.9 Å². The number of halogens is 1.